The Kier molecular flexibility index (Phi) is 4.72. The maximum Gasteiger partial charge on any atom is 0.344 e. The molecule has 0 heterocycles. The molecule has 1 rings (SSSR count). The highest BCUT2D eigenvalue weighted by atomic mass is 35.5. The molecule has 0 saturated carbocycles. The van der Waals surface area contributed by atoms with E-state index in [0.717, 1.165) is 4.90 Å². The summed E-state index contributed by atoms with van der Waals surface area (Å²) < 4.78 is 4.81. The van der Waals surface area contributed by atoms with Crippen molar-refractivity contribution in [3.63, 3.8) is 0 Å². The second-order valence-corrected chi connectivity index (χ2v) is 4.30. The fraction of sp³-hybridized carbons (Fsp3) is 0.182. The van der Waals surface area contributed by atoms with Crippen LogP contribution in [0.5, 0.6) is 0 Å². The van der Waals surface area contributed by atoms with Gasteiger partial charge >= 0.3 is 5.97 Å². The summed E-state index contributed by atoms with van der Waals surface area (Å²) in [6.45, 7) is 5.77. The average Bonchev–Trinajstić information content (AvgIpc) is 2.22. The molecule has 0 aliphatic carbocycles. The lowest BCUT2D eigenvalue weighted by Crippen LogP contribution is -2.03. The van der Waals surface area contributed by atoms with Crippen LogP contribution in [-0.2, 0) is 9.53 Å². The highest BCUT2D eigenvalue weighted by Gasteiger charge is 2.08. The van der Waals surface area contributed by atoms with E-state index in [0.29, 0.717) is 16.5 Å². The van der Waals surface area contributed by atoms with E-state index in [1.807, 2.05) is 12.1 Å². The van der Waals surface area contributed by atoms with E-state index in [-0.39, 0.29) is 5.97 Å². The molecule has 0 saturated heterocycles. The number of rotatable bonds is 4. The third-order valence-corrected chi connectivity index (χ3v) is 2.73. The highest BCUT2D eigenvalue weighted by molar-refractivity contribution is 8.04. The van der Waals surface area contributed by atoms with E-state index in [2.05, 4.69) is 6.58 Å². The molecule has 0 radical (unpaired) electrons. The number of benzene rings is 1. The molecule has 2 nitrogen and oxygen atoms in total. The van der Waals surface area contributed by atoms with Gasteiger partial charge in [-0.05, 0) is 31.2 Å². The molecule has 0 spiro atoms. The number of esters is 1. The molecule has 0 amide bonds. The Hall–Kier alpha value is -0.930. The fourth-order valence-electron chi connectivity index (χ4n) is 0.898. The quantitative estimate of drug-likeness (QED) is 0.459. The largest absolute Gasteiger partial charge is 0.462 e. The third-order valence-electron chi connectivity index (χ3n) is 1.56. The number of carbonyl (C=O) groups excluding carboxylic acids is 1. The molecule has 0 unspecified atom stereocenters. The van der Waals surface area contributed by atoms with Gasteiger partial charge in [-0.1, -0.05) is 29.9 Å². The van der Waals surface area contributed by atoms with Crippen LogP contribution in [0.1, 0.15) is 6.92 Å². The first-order valence-electron chi connectivity index (χ1n) is 4.43. The zero-order chi connectivity index (χ0) is 11.3. The third kappa shape index (κ3) is 3.98. The first-order valence-corrected chi connectivity index (χ1v) is 5.62. The minimum absolute atomic E-state index is 0.360. The maximum atomic E-state index is 11.2. The molecular formula is C11H11ClO2S. The number of ether oxygens (including phenoxy) is 1. The van der Waals surface area contributed by atoms with Gasteiger partial charge < -0.3 is 4.74 Å². The first-order chi connectivity index (χ1) is 7.13. The molecule has 0 N–H and O–H groups in total. The van der Waals surface area contributed by atoms with Gasteiger partial charge in [0.05, 0.1) is 11.5 Å². The monoisotopic (exact) mass is 242 g/mol. The van der Waals surface area contributed by atoms with Crippen LogP contribution in [0.2, 0.25) is 5.02 Å². The van der Waals surface area contributed by atoms with Crippen LogP contribution in [0.4, 0.5) is 0 Å². The van der Waals surface area contributed by atoms with Crippen LogP contribution < -0.4 is 0 Å². The van der Waals surface area contributed by atoms with Crippen molar-refractivity contribution >= 4 is 29.3 Å². The normalized spacial score (nSPS) is 9.73. The van der Waals surface area contributed by atoms with Crippen molar-refractivity contribution in [2.45, 2.75) is 11.8 Å². The van der Waals surface area contributed by atoms with Crippen LogP contribution in [0.25, 0.3) is 0 Å². The maximum absolute atomic E-state index is 11.2. The Morgan fingerprint density at radius 1 is 1.47 bits per heavy atom. The van der Waals surface area contributed by atoms with Crippen molar-refractivity contribution < 1.29 is 9.53 Å². The molecule has 4 heteroatoms. The van der Waals surface area contributed by atoms with Gasteiger partial charge in [-0.25, -0.2) is 4.79 Å². The minimum atomic E-state index is -0.377. The van der Waals surface area contributed by atoms with E-state index in [1.54, 1.807) is 19.1 Å². The first kappa shape index (κ1) is 12.1. The van der Waals surface area contributed by atoms with Gasteiger partial charge in [0.15, 0.2) is 0 Å². The van der Waals surface area contributed by atoms with Crippen molar-refractivity contribution in [1.82, 2.24) is 0 Å². The van der Waals surface area contributed by atoms with Gasteiger partial charge in [0, 0.05) is 9.92 Å². The summed E-state index contributed by atoms with van der Waals surface area (Å²) in [6, 6.07) is 7.19. The lowest BCUT2D eigenvalue weighted by Gasteiger charge is -2.04. The number of hydrogen-bond acceptors (Lipinski definition) is 3. The zero-order valence-corrected chi connectivity index (χ0v) is 9.90. The molecule has 1 aromatic rings. The van der Waals surface area contributed by atoms with Crippen molar-refractivity contribution in [2.75, 3.05) is 6.61 Å². The Labute approximate surface area is 98.3 Å². The molecule has 0 aliphatic heterocycles. The summed E-state index contributed by atoms with van der Waals surface area (Å²) in [5.74, 6) is -0.377. The van der Waals surface area contributed by atoms with Gasteiger partial charge in [-0.15, -0.1) is 0 Å². The Balaban J connectivity index is 2.58. The lowest BCUT2D eigenvalue weighted by atomic mass is 10.4. The molecular weight excluding hydrogens is 232 g/mol. The second-order valence-electron chi connectivity index (χ2n) is 2.70. The van der Waals surface area contributed by atoms with Crippen molar-refractivity contribution in [3.05, 3.63) is 40.8 Å². The Morgan fingerprint density at radius 2 is 2.07 bits per heavy atom. The topological polar surface area (TPSA) is 26.3 Å². The standard InChI is InChI=1S/C11H11ClO2S/c1-3-14-11(13)8(2)15-10-6-4-9(12)5-7-10/h4-7H,2-3H2,1H3. The van der Waals surface area contributed by atoms with Crippen LogP contribution in [0, 0.1) is 0 Å². The van der Waals surface area contributed by atoms with Crippen molar-refractivity contribution in [1.29, 1.82) is 0 Å². The van der Waals surface area contributed by atoms with Crippen LogP contribution in [-0.4, -0.2) is 12.6 Å². The van der Waals surface area contributed by atoms with Crippen LogP contribution >= 0.6 is 23.4 Å². The van der Waals surface area contributed by atoms with E-state index in [4.69, 9.17) is 16.3 Å². The predicted octanol–water partition coefficient (Wildman–Crippen LogP) is 3.51. The van der Waals surface area contributed by atoms with E-state index in [9.17, 15) is 4.79 Å². The highest BCUT2D eigenvalue weighted by Crippen LogP contribution is 2.27. The van der Waals surface area contributed by atoms with E-state index >= 15 is 0 Å². The van der Waals surface area contributed by atoms with Gasteiger partial charge in [-0.2, -0.15) is 0 Å². The Bertz CT molecular complexity index is 359. The number of hydrogen-bond donors (Lipinski definition) is 0. The fourth-order valence-corrected chi connectivity index (χ4v) is 1.72. The predicted molar refractivity (Wildman–Crippen MR) is 63.1 cm³/mol. The van der Waals surface area contributed by atoms with Crippen LogP contribution in [0.15, 0.2) is 40.6 Å². The lowest BCUT2D eigenvalue weighted by molar-refractivity contribution is -0.137. The summed E-state index contributed by atoms with van der Waals surface area (Å²) in [7, 11) is 0. The van der Waals surface area contributed by atoms with Crippen molar-refractivity contribution in [2.24, 2.45) is 0 Å². The van der Waals surface area contributed by atoms with Gasteiger partial charge in [0.25, 0.3) is 0 Å². The SMILES string of the molecule is C=C(Sc1ccc(Cl)cc1)C(=O)OCC. The van der Waals surface area contributed by atoms with Crippen molar-refractivity contribution in [3.8, 4) is 0 Å². The summed E-state index contributed by atoms with van der Waals surface area (Å²) in [5.41, 5.74) is 0. The number of halogens is 1. The Morgan fingerprint density at radius 3 is 2.60 bits per heavy atom. The summed E-state index contributed by atoms with van der Waals surface area (Å²) >= 11 is 7.01. The molecule has 0 aliphatic rings. The average molecular weight is 243 g/mol. The molecule has 0 atom stereocenters. The van der Waals surface area contributed by atoms with Gasteiger partial charge in [0.1, 0.15) is 0 Å². The molecule has 0 aromatic heterocycles. The zero-order valence-electron chi connectivity index (χ0n) is 8.33. The summed E-state index contributed by atoms with van der Waals surface area (Å²) in [4.78, 5) is 12.5. The molecule has 0 fully saturated rings. The summed E-state index contributed by atoms with van der Waals surface area (Å²) in [6.07, 6.45) is 0. The molecule has 1 aromatic carbocycles. The van der Waals surface area contributed by atoms with E-state index < -0.39 is 0 Å². The smallest absolute Gasteiger partial charge is 0.344 e. The second kappa shape index (κ2) is 5.83. The van der Waals surface area contributed by atoms with E-state index in [1.165, 1.54) is 11.8 Å². The summed E-state index contributed by atoms with van der Waals surface area (Å²) in [5, 5.41) is 0.668. The van der Waals surface area contributed by atoms with Gasteiger partial charge in [0.2, 0.25) is 0 Å². The van der Waals surface area contributed by atoms with Gasteiger partial charge in [-0.3, -0.25) is 0 Å². The minimum Gasteiger partial charge on any atom is -0.462 e. The molecule has 15 heavy (non-hydrogen) atoms. The number of thioether (sulfide) groups is 1. The molecule has 0 bridgehead atoms. The number of carbonyl (C=O) groups is 1. The molecule has 80 valence electrons. The van der Waals surface area contributed by atoms with Crippen LogP contribution in [0.3, 0.4) is 0 Å².